The highest BCUT2D eigenvalue weighted by atomic mass is 31.2. The van der Waals surface area contributed by atoms with Crippen LogP contribution in [0.2, 0.25) is 0 Å². The van der Waals surface area contributed by atoms with Crippen LogP contribution in [0.1, 0.15) is 34.6 Å². The Bertz CT molecular complexity index is 540. The molecule has 154 valence electrons. The van der Waals surface area contributed by atoms with Gasteiger partial charge in [0.1, 0.15) is 6.54 Å². The standard InChI is InChI=1S/C13H25F3N3O6P/c1-6-25-10(20)7-19(11(21)12(14,15)16)13(17-8(2)3,18-9(4)5)26(22,23)24/h8-9,17-18H,6-7H2,1-5H3,(H2,22,23,24). The molecule has 4 N–H and O–H groups in total. The van der Waals surface area contributed by atoms with Gasteiger partial charge in [0, 0.05) is 12.1 Å². The monoisotopic (exact) mass is 407 g/mol. The van der Waals surface area contributed by atoms with Gasteiger partial charge < -0.3 is 14.5 Å². The van der Waals surface area contributed by atoms with Gasteiger partial charge in [0.15, 0.2) is 0 Å². The summed E-state index contributed by atoms with van der Waals surface area (Å²) in [5.41, 5.74) is -2.96. The molecule has 0 rings (SSSR count). The van der Waals surface area contributed by atoms with Crippen LogP contribution < -0.4 is 10.6 Å². The van der Waals surface area contributed by atoms with Crippen LogP contribution >= 0.6 is 7.60 Å². The van der Waals surface area contributed by atoms with Crippen molar-refractivity contribution in [3.05, 3.63) is 0 Å². The van der Waals surface area contributed by atoms with Crippen molar-refractivity contribution in [2.24, 2.45) is 0 Å². The van der Waals surface area contributed by atoms with E-state index in [-0.39, 0.29) is 11.5 Å². The highest BCUT2D eigenvalue weighted by Crippen LogP contribution is 2.50. The number of halogens is 3. The number of carbonyl (C=O) groups excluding carboxylic acids is 2. The van der Waals surface area contributed by atoms with Crippen molar-refractivity contribution in [3.8, 4) is 0 Å². The first-order chi connectivity index (χ1) is 11.6. The number of amides is 1. The Labute approximate surface area is 149 Å². The van der Waals surface area contributed by atoms with Gasteiger partial charge >= 0.3 is 25.6 Å². The molecule has 0 spiro atoms. The average molecular weight is 407 g/mol. The molecule has 0 atom stereocenters. The Hall–Kier alpha value is -1.20. The lowest BCUT2D eigenvalue weighted by atomic mass is 10.3. The topological polar surface area (TPSA) is 128 Å². The van der Waals surface area contributed by atoms with Crippen LogP contribution in [0, 0.1) is 0 Å². The second kappa shape index (κ2) is 9.14. The van der Waals surface area contributed by atoms with E-state index in [9.17, 15) is 37.1 Å². The Morgan fingerprint density at radius 3 is 1.81 bits per heavy atom. The molecule has 0 saturated heterocycles. The molecule has 1 amide bonds. The molecule has 9 nitrogen and oxygen atoms in total. The molecule has 0 unspecified atom stereocenters. The molecule has 0 aliphatic rings. The molecule has 0 aliphatic heterocycles. The van der Waals surface area contributed by atoms with Gasteiger partial charge in [0.25, 0.3) is 5.53 Å². The summed E-state index contributed by atoms with van der Waals surface area (Å²) >= 11 is 0. The molecule has 0 bridgehead atoms. The van der Waals surface area contributed by atoms with Crippen LogP contribution in [0.3, 0.4) is 0 Å². The third-order valence-corrected chi connectivity index (χ3v) is 4.21. The van der Waals surface area contributed by atoms with E-state index in [2.05, 4.69) is 15.4 Å². The van der Waals surface area contributed by atoms with E-state index in [1.807, 2.05) is 0 Å². The van der Waals surface area contributed by atoms with Crippen LogP contribution in [-0.4, -0.2) is 63.5 Å². The van der Waals surface area contributed by atoms with Crippen LogP contribution in [0.5, 0.6) is 0 Å². The quantitative estimate of drug-likeness (QED) is 0.250. The number of rotatable bonds is 9. The average Bonchev–Trinajstić information content (AvgIpc) is 2.40. The molecule has 26 heavy (non-hydrogen) atoms. The summed E-state index contributed by atoms with van der Waals surface area (Å²) in [7, 11) is -5.49. The predicted octanol–water partition coefficient (Wildman–Crippen LogP) is 0.725. The van der Waals surface area contributed by atoms with E-state index >= 15 is 0 Å². The summed E-state index contributed by atoms with van der Waals surface area (Å²) in [5, 5.41) is 4.58. The van der Waals surface area contributed by atoms with Crippen molar-refractivity contribution in [1.29, 1.82) is 0 Å². The fraction of sp³-hybridized carbons (Fsp3) is 0.846. The Balaban J connectivity index is 6.49. The third kappa shape index (κ3) is 6.51. The van der Waals surface area contributed by atoms with E-state index in [1.165, 1.54) is 34.6 Å². The number of carbonyl (C=O) groups is 2. The van der Waals surface area contributed by atoms with E-state index in [1.54, 1.807) is 0 Å². The normalized spacial score (nSPS) is 13.2. The summed E-state index contributed by atoms with van der Waals surface area (Å²) in [6.45, 7) is 5.52. The van der Waals surface area contributed by atoms with Crippen LogP contribution in [0.15, 0.2) is 0 Å². The molecule has 0 aromatic rings. The van der Waals surface area contributed by atoms with Crippen LogP contribution in [0.4, 0.5) is 13.2 Å². The first-order valence-electron chi connectivity index (χ1n) is 7.74. The number of alkyl halides is 3. The zero-order valence-electron chi connectivity index (χ0n) is 15.1. The maximum Gasteiger partial charge on any atom is 0.471 e. The minimum absolute atomic E-state index is 0.189. The van der Waals surface area contributed by atoms with Gasteiger partial charge in [-0.25, -0.2) is 0 Å². The van der Waals surface area contributed by atoms with Crippen molar-refractivity contribution < 1.29 is 41.8 Å². The summed E-state index contributed by atoms with van der Waals surface area (Å²) in [4.78, 5) is 43.1. The van der Waals surface area contributed by atoms with Crippen molar-refractivity contribution in [3.63, 3.8) is 0 Å². The lowest BCUT2D eigenvalue weighted by Crippen LogP contribution is -2.73. The van der Waals surface area contributed by atoms with Crippen molar-refractivity contribution in [2.45, 2.75) is 58.4 Å². The molecule has 0 heterocycles. The molecule has 0 aromatic carbocycles. The highest BCUT2D eigenvalue weighted by Gasteiger charge is 2.59. The highest BCUT2D eigenvalue weighted by molar-refractivity contribution is 7.53. The van der Waals surface area contributed by atoms with Gasteiger partial charge in [-0.1, -0.05) is 0 Å². The fourth-order valence-electron chi connectivity index (χ4n) is 2.15. The maximum atomic E-state index is 13.1. The molecule has 0 saturated carbocycles. The summed E-state index contributed by atoms with van der Waals surface area (Å²) in [5.74, 6) is -3.85. The number of hydrogen-bond donors (Lipinski definition) is 4. The van der Waals surface area contributed by atoms with Gasteiger partial charge in [0.05, 0.1) is 6.61 Å². The molecular weight excluding hydrogens is 382 g/mol. The Morgan fingerprint density at radius 1 is 1.12 bits per heavy atom. The van der Waals surface area contributed by atoms with E-state index in [4.69, 9.17) is 0 Å². The van der Waals surface area contributed by atoms with Gasteiger partial charge in [-0.3, -0.25) is 29.7 Å². The molecule has 0 aromatic heterocycles. The smallest absolute Gasteiger partial charge is 0.465 e. The van der Waals surface area contributed by atoms with Gasteiger partial charge in [-0.05, 0) is 34.6 Å². The third-order valence-electron chi connectivity index (χ3n) is 2.87. The number of ether oxygens (including phenoxy) is 1. The number of hydrogen-bond acceptors (Lipinski definition) is 6. The number of nitrogens with one attached hydrogen (secondary N) is 2. The second-order valence-corrected chi connectivity index (χ2v) is 7.74. The number of esters is 1. The van der Waals surface area contributed by atoms with Crippen LogP contribution in [0.25, 0.3) is 0 Å². The van der Waals surface area contributed by atoms with E-state index in [0.717, 1.165) is 0 Å². The van der Waals surface area contributed by atoms with Gasteiger partial charge in [-0.2, -0.15) is 13.2 Å². The first kappa shape index (κ1) is 24.8. The summed E-state index contributed by atoms with van der Waals surface area (Å²) in [6, 6.07) is -1.53. The largest absolute Gasteiger partial charge is 0.471 e. The van der Waals surface area contributed by atoms with E-state index < -0.39 is 49.8 Å². The molecule has 0 fully saturated rings. The van der Waals surface area contributed by atoms with Crippen molar-refractivity contribution in [1.82, 2.24) is 15.5 Å². The van der Waals surface area contributed by atoms with Gasteiger partial charge in [-0.15, -0.1) is 0 Å². The van der Waals surface area contributed by atoms with Crippen LogP contribution in [-0.2, 0) is 18.9 Å². The zero-order chi connectivity index (χ0) is 20.9. The lowest BCUT2D eigenvalue weighted by Gasteiger charge is -2.46. The molecule has 0 aliphatic carbocycles. The predicted molar refractivity (Wildman–Crippen MR) is 85.7 cm³/mol. The minimum Gasteiger partial charge on any atom is -0.465 e. The minimum atomic E-state index is -5.49. The molecular formula is C13H25F3N3O6P. The first-order valence-corrected chi connectivity index (χ1v) is 9.35. The zero-order valence-corrected chi connectivity index (χ0v) is 16.0. The summed E-state index contributed by atoms with van der Waals surface area (Å²) in [6.07, 6.45) is -5.48. The maximum absolute atomic E-state index is 13.1. The van der Waals surface area contributed by atoms with Crippen molar-refractivity contribution >= 4 is 19.5 Å². The Morgan fingerprint density at radius 2 is 1.54 bits per heavy atom. The second-order valence-electron chi connectivity index (χ2n) is 6.01. The molecule has 0 radical (unpaired) electrons. The van der Waals surface area contributed by atoms with Gasteiger partial charge in [0.2, 0.25) is 0 Å². The number of nitrogens with zero attached hydrogens (tertiary/aromatic N) is 1. The summed E-state index contributed by atoms with van der Waals surface area (Å²) < 4.78 is 56.0. The Kier molecular flexibility index (Phi) is 8.71. The fourth-order valence-corrected chi connectivity index (χ4v) is 3.48. The SMILES string of the molecule is CCOC(=O)CN(C(=O)C(F)(F)F)C(NC(C)C)(NC(C)C)P(=O)(O)O. The van der Waals surface area contributed by atoms with E-state index in [0.29, 0.717) is 0 Å². The molecule has 13 heteroatoms. The lowest BCUT2D eigenvalue weighted by molar-refractivity contribution is -0.194. The van der Waals surface area contributed by atoms with Crippen molar-refractivity contribution in [2.75, 3.05) is 13.2 Å².